The summed E-state index contributed by atoms with van der Waals surface area (Å²) >= 11 is 6.06. The Balaban J connectivity index is 1.36. The molecule has 1 saturated heterocycles. The average molecular weight is 414 g/mol. The maximum Gasteiger partial charge on any atom is 0.321 e. The van der Waals surface area contributed by atoms with Gasteiger partial charge in [-0.3, -0.25) is 4.90 Å². The van der Waals surface area contributed by atoms with Crippen LogP contribution in [0.15, 0.2) is 52.9 Å². The van der Waals surface area contributed by atoms with Crippen LogP contribution < -0.4 is 10.1 Å². The molecule has 1 aliphatic heterocycles. The van der Waals surface area contributed by atoms with Crippen LogP contribution in [0.25, 0.3) is 11.0 Å². The number of methoxy groups -OCH3 is 1. The number of furan rings is 1. The first-order valence-electron chi connectivity index (χ1n) is 9.71. The molecule has 0 atom stereocenters. The Labute approximate surface area is 175 Å². The lowest BCUT2D eigenvalue weighted by Gasteiger charge is -2.22. The number of urea groups is 1. The van der Waals surface area contributed by atoms with Crippen LogP contribution in [0.5, 0.6) is 5.75 Å². The number of nitrogens with zero attached hydrogens (tertiary/aromatic N) is 2. The number of ether oxygens (including phenoxy) is 1. The highest BCUT2D eigenvalue weighted by atomic mass is 35.5. The summed E-state index contributed by atoms with van der Waals surface area (Å²) < 4.78 is 11.3. The Morgan fingerprint density at radius 1 is 1.14 bits per heavy atom. The number of hydrogen-bond donors (Lipinski definition) is 1. The van der Waals surface area contributed by atoms with E-state index in [4.69, 9.17) is 20.8 Å². The van der Waals surface area contributed by atoms with Gasteiger partial charge >= 0.3 is 6.03 Å². The zero-order chi connectivity index (χ0) is 20.2. The number of halogens is 1. The van der Waals surface area contributed by atoms with Crippen molar-refractivity contribution in [2.24, 2.45) is 0 Å². The highest BCUT2D eigenvalue weighted by molar-refractivity contribution is 6.31. The Morgan fingerprint density at radius 2 is 2.00 bits per heavy atom. The van der Waals surface area contributed by atoms with Crippen LogP contribution >= 0.6 is 11.6 Å². The first-order valence-corrected chi connectivity index (χ1v) is 10.1. The van der Waals surface area contributed by atoms with E-state index in [0.29, 0.717) is 36.1 Å². The molecule has 1 aliphatic rings. The maximum atomic E-state index is 12.7. The Kier molecular flexibility index (Phi) is 5.92. The number of benzene rings is 2. The lowest BCUT2D eigenvalue weighted by atomic mass is 10.2. The van der Waals surface area contributed by atoms with Crippen LogP contribution in [-0.4, -0.2) is 49.1 Å². The van der Waals surface area contributed by atoms with Crippen molar-refractivity contribution in [1.82, 2.24) is 9.80 Å². The second kappa shape index (κ2) is 8.76. The van der Waals surface area contributed by atoms with Crippen LogP contribution in [0.1, 0.15) is 12.2 Å². The Hall–Kier alpha value is -2.70. The highest BCUT2D eigenvalue weighted by Crippen LogP contribution is 2.25. The third-order valence-corrected chi connectivity index (χ3v) is 5.37. The van der Waals surface area contributed by atoms with Gasteiger partial charge in [-0.15, -0.1) is 0 Å². The summed E-state index contributed by atoms with van der Waals surface area (Å²) in [4.78, 5) is 16.9. The Bertz CT molecular complexity index is 1000. The number of amides is 2. The zero-order valence-corrected chi connectivity index (χ0v) is 17.1. The van der Waals surface area contributed by atoms with E-state index in [1.165, 1.54) is 0 Å². The van der Waals surface area contributed by atoms with Crippen molar-refractivity contribution in [3.8, 4) is 5.75 Å². The van der Waals surface area contributed by atoms with Gasteiger partial charge in [-0.2, -0.15) is 0 Å². The number of fused-ring (bicyclic) bond motifs is 1. The lowest BCUT2D eigenvalue weighted by molar-refractivity contribution is 0.209. The summed E-state index contributed by atoms with van der Waals surface area (Å²) in [5.74, 6) is 1.57. The molecule has 7 heteroatoms. The van der Waals surface area contributed by atoms with Crippen LogP contribution in [0.4, 0.5) is 10.5 Å². The molecule has 6 nitrogen and oxygen atoms in total. The zero-order valence-electron chi connectivity index (χ0n) is 16.4. The number of para-hydroxylation sites is 2. The molecule has 1 N–H and O–H groups in total. The molecule has 0 saturated carbocycles. The van der Waals surface area contributed by atoms with Gasteiger partial charge in [-0.25, -0.2) is 4.79 Å². The predicted octanol–water partition coefficient (Wildman–Crippen LogP) is 4.83. The fraction of sp³-hybridized carbons (Fsp3) is 0.318. The fourth-order valence-corrected chi connectivity index (χ4v) is 3.82. The second-order valence-electron chi connectivity index (χ2n) is 7.14. The van der Waals surface area contributed by atoms with E-state index in [-0.39, 0.29) is 6.03 Å². The van der Waals surface area contributed by atoms with Gasteiger partial charge < -0.3 is 19.4 Å². The first kappa shape index (κ1) is 19.6. The summed E-state index contributed by atoms with van der Waals surface area (Å²) in [7, 11) is 1.60. The molecule has 4 rings (SSSR count). The second-order valence-corrected chi connectivity index (χ2v) is 7.58. The van der Waals surface area contributed by atoms with Crippen LogP contribution in [0, 0.1) is 0 Å². The third kappa shape index (κ3) is 4.66. The SMILES string of the molecule is COc1ccccc1NC(=O)N1CCCN(Cc2cc3cc(Cl)ccc3o2)CC1. The maximum absolute atomic E-state index is 12.7. The highest BCUT2D eigenvalue weighted by Gasteiger charge is 2.21. The number of nitrogens with one attached hydrogen (secondary N) is 1. The van der Waals surface area contributed by atoms with E-state index < -0.39 is 0 Å². The normalized spacial score (nSPS) is 15.3. The molecule has 1 fully saturated rings. The van der Waals surface area contributed by atoms with Gasteiger partial charge in [0, 0.05) is 36.6 Å². The average Bonchev–Trinajstić information content (AvgIpc) is 2.96. The third-order valence-electron chi connectivity index (χ3n) is 5.13. The van der Waals surface area contributed by atoms with E-state index in [2.05, 4.69) is 10.2 Å². The smallest absolute Gasteiger partial charge is 0.321 e. The molecule has 0 spiro atoms. The molecular weight excluding hydrogens is 390 g/mol. The molecule has 2 aromatic carbocycles. The minimum Gasteiger partial charge on any atom is -0.495 e. The van der Waals surface area contributed by atoms with Crippen molar-refractivity contribution in [1.29, 1.82) is 0 Å². The number of hydrogen-bond acceptors (Lipinski definition) is 4. The minimum atomic E-state index is -0.102. The van der Waals surface area contributed by atoms with Crippen LogP contribution in [0.3, 0.4) is 0 Å². The molecule has 2 heterocycles. The van der Waals surface area contributed by atoms with Gasteiger partial charge in [0.2, 0.25) is 0 Å². The van der Waals surface area contributed by atoms with Gasteiger partial charge in [0.25, 0.3) is 0 Å². The van der Waals surface area contributed by atoms with Gasteiger partial charge in [0.15, 0.2) is 0 Å². The molecule has 3 aromatic rings. The van der Waals surface area contributed by atoms with Gasteiger partial charge in [-0.1, -0.05) is 23.7 Å². The minimum absolute atomic E-state index is 0.102. The van der Waals surface area contributed by atoms with Crippen LogP contribution in [-0.2, 0) is 6.54 Å². The summed E-state index contributed by atoms with van der Waals surface area (Å²) in [6.07, 6.45) is 0.908. The lowest BCUT2D eigenvalue weighted by Crippen LogP contribution is -2.38. The molecule has 29 heavy (non-hydrogen) atoms. The summed E-state index contributed by atoms with van der Waals surface area (Å²) in [5.41, 5.74) is 1.53. The molecule has 0 radical (unpaired) electrons. The standard InChI is InChI=1S/C22H24ClN3O3/c1-28-21-6-3-2-5-19(21)24-22(27)26-10-4-9-25(11-12-26)15-18-14-16-13-17(23)7-8-20(16)29-18/h2-3,5-8,13-14H,4,9-12,15H2,1H3,(H,24,27). The molecule has 2 amide bonds. The molecule has 0 bridgehead atoms. The summed E-state index contributed by atoms with van der Waals surface area (Å²) in [6, 6.07) is 15.0. The summed E-state index contributed by atoms with van der Waals surface area (Å²) in [5, 5.41) is 4.68. The predicted molar refractivity (Wildman–Crippen MR) is 115 cm³/mol. The van der Waals surface area contributed by atoms with Gasteiger partial charge in [0.1, 0.15) is 17.1 Å². The topological polar surface area (TPSA) is 58.0 Å². The van der Waals surface area contributed by atoms with E-state index in [1.54, 1.807) is 7.11 Å². The molecule has 0 aliphatic carbocycles. The Morgan fingerprint density at radius 3 is 2.86 bits per heavy atom. The van der Waals surface area contributed by atoms with Crippen LogP contribution in [0.2, 0.25) is 5.02 Å². The first-order chi connectivity index (χ1) is 14.1. The number of anilines is 1. The van der Waals surface area contributed by atoms with E-state index in [1.807, 2.05) is 53.4 Å². The van der Waals surface area contributed by atoms with E-state index in [0.717, 1.165) is 36.2 Å². The van der Waals surface area contributed by atoms with Gasteiger partial charge in [0.05, 0.1) is 19.3 Å². The molecule has 0 unspecified atom stereocenters. The molecular formula is C22H24ClN3O3. The van der Waals surface area contributed by atoms with Crippen molar-refractivity contribution in [3.05, 3.63) is 59.3 Å². The number of carbonyl (C=O) groups is 1. The van der Waals surface area contributed by atoms with Crippen molar-refractivity contribution in [3.63, 3.8) is 0 Å². The largest absolute Gasteiger partial charge is 0.495 e. The molecule has 152 valence electrons. The quantitative estimate of drug-likeness (QED) is 0.665. The van der Waals surface area contributed by atoms with Crippen molar-refractivity contribution in [2.45, 2.75) is 13.0 Å². The summed E-state index contributed by atoms with van der Waals surface area (Å²) in [6.45, 7) is 3.79. The van der Waals surface area contributed by atoms with Crippen molar-refractivity contribution in [2.75, 3.05) is 38.6 Å². The molecule has 1 aromatic heterocycles. The van der Waals surface area contributed by atoms with Crippen molar-refractivity contribution < 1.29 is 13.9 Å². The van der Waals surface area contributed by atoms with E-state index >= 15 is 0 Å². The van der Waals surface area contributed by atoms with Gasteiger partial charge in [-0.05, 0) is 42.8 Å². The van der Waals surface area contributed by atoms with E-state index in [9.17, 15) is 4.79 Å². The monoisotopic (exact) mass is 413 g/mol. The number of rotatable bonds is 4. The fourth-order valence-electron chi connectivity index (χ4n) is 3.64. The number of carbonyl (C=O) groups excluding carboxylic acids is 1. The van der Waals surface area contributed by atoms with Crippen molar-refractivity contribution >= 4 is 34.3 Å².